The van der Waals surface area contributed by atoms with Crippen molar-refractivity contribution in [1.82, 2.24) is 0 Å². The second kappa shape index (κ2) is 6.19. The van der Waals surface area contributed by atoms with Crippen molar-refractivity contribution in [2.75, 3.05) is 11.9 Å². The lowest BCUT2D eigenvalue weighted by Gasteiger charge is -2.10. The molecule has 0 saturated heterocycles. The van der Waals surface area contributed by atoms with Gasteiger partial charge in [0.25, 0.3) is 0 Å². The van der Waals surface area contributed by atoms with E-state index in [1.807, 2.05) is 42.5 Å². The molecule has 0 spiro atoms. The first-order chi connectivity index (χ1) is 8.25. The number of aliphatic hydroxyl groups excluding tert-OH is 1. The average Bonchev–Trinajstić information content (AvgIpc) is 2.77. The summed E-state index contributed by atoms with van der Waals surface area (Å²) in [7, 11) is 0. The van der Waals surface area contributed by atoms with Gasteiger partial charge in [0, 0.05) is 17.1 Å². The summed E-state index contributed by atoms with van der Waals surface area (Å²) in [5.74, 6) is 0. The van der Waals surface area contributed by atoms with Gasteiger partial charge in [-0.2, -0.15) is 0 Å². The Morgan fingerprint density at radius 3 is 2.59 bits per heavy atom. The van der Waals surface area contributed by atoms with Crippen LogP contribution in [0.25, 0.3) is 0 Å². The Morgan fingerprint density at radius 1 is 1.18 bits per heavy atom. The van der Waals surface area contributed by atoms with Crippen molar-refractivity contribution in [2.24, 2.45) is 0 Å². The normalized spacial score (nSPS) is 12.4. The topological polar surface area (TPSA) is 32.3 Å². The van der Waals surface area contributed by atoms with Crippen molar-refractivity contribution >= 4 is 33.0 Å². The van der Waals surface area contributed by atoms with Gasteiger partial charge in [0.05, 0.1) is 9.89 Å². The van der Waals surface area contributed by atoms with Gasteiger partial charge >= 0.3 is 0 Å². The first-order valence-corrected chi connectivity index (χ1v) is 7.09. The van der Waals surface area contributed by atoms with E-state index in [0.717, 1.165) is 20.9 Å². The Bertz CT molecular complexity index is 457. The van der Waals surface area contributed by atoms with Gasteiger partial charge in [-0.1, -0.05) is 18.2 Å². The summed E-state index contributed by atoms with van der Waals surface area (Å²) in [5, 5.41) is 13.2. The van der Waals surface area contributed by atoms with E-state index in [1.54, 1.807) is 11.3 Å². The summed E-state index contributed by atoms with van der Waals surface area (Å²) >= 11 is 4.98. The second-order valence-corrected chi connectivity index (χ2v) is 6.23. The van der Waals surface area contributed by atoms with E-state index >= 15 is 0 Å². The smallest absolute Gasteiger partial charge is 0.0899 e. The second-order valence-electron chi connectivity index (χ2n) is 3.74. The van der Waals surface area contributed by atoms with E-state index in [1.165, 1.54) is 0 Å². The SMILES string of the molecule is OC(CCNc1ccccc1)c1ccc(Br)s1. The molecular weight excluding hydrogens is 298 g/mol. The van der Waals surface area contributed by atoms with Crippen molar-refractivity contribution in [3.05, 3.63) is 51.1 Å². The van der Waals surface area contributed by atoms with Gasteiger partial charge < -0.3 is 10.4 Å². The molecule has 2 aromatic rings. The highest BCUT2D eigenvalue weighted by Gasteiger charge is 2.09. The summed E-state index contributed by atoms with van der Waals surface area (Å²) in [6.45, 7) is 0.765. The van der Waals surface area contributed by atoms with Crippen molar-refractivity contribution in [3.8, 4) is 0 Å². The fourth-order valence-corrected chi connectivity index (χ4v) is 3.00. The van der Waals surface area contributed by atoms with E-state index < -0.39 is 0 Å². The maximum absolute atomic E-state index is 9.96. The number of hydrogen-bond acceptors (Lipinski definition) is 3. The number of thiophene rings is 1. The van der Waals surface area contributed by atoms with Gasteiger partial charge in [-0.05, 0) is 46.6 Å². The Labute approximate surface area is 113 Å². The number of rotatable bonds is 5. The first kappa shape index (κ1) is 12.6. The predicted molar refractivity (Wildman–Crippen MR) is 76.5 cm³/mol. The number of benzene rings is 1. The lowest BCUT2D eigenvalue weighted by Crippen LogP contribution is -2.06. The Kier molecular flexibility index (Phi) is 4.59. The largest absolute Gasteiger partial charge is 0.388 e. The minimum atomic E-state index is -0.387. The molecule has 1 heterocycles. The lowest BCUT2D eigenvalue weighted by molar-refractivity contribution is 0.175. The lowest BCUT2D eigenvalue weighted by atomic mass is 10.2. The molecule has 1 aromatic carbocycles. The van der Waals surface area contributed by atoms with Gasteiger partial charge in [0.2, 0.25) is 0 Å². The molecule has 2 N–H and O–H groups in total. The van der Waals surface area contributed by atoms with Crippen LogP contribution in [0.5, 0.6) is 0 Å². The quantitative estimate of drug-likeness (QED) is 0.873. The molecule has 0 bridgehead atoms. The van der Waals surface area contributed by atoms with Crippen LogP contribution < -0.4 is 5.32 Å². The van der Waals surface area contributed by atoms with E-state index in [-0.39, 0.29) is 6.10 Å². The number of aliphatic hydroxyl groups is 1. The summed E-state index contributed by atoms with van der Waals surface area (Å²) in [6.07, 6.45) is 0.324. The molecule has 17 heavy (non-hydrogen) atoms. The zero-order chi connectivity index (χ0) is 12.1. The van der Waals surface area contributed by atoms with Crippen LogP contribution in [0.1, 0.15) is 17.4 Å². The fraction of sp³-hybridized carbons (Fsp3) is 0.231. The molecule has 0 aliphatic heterocycles. The van der Waals surface area contributed by atoms with E-state index in [2.05, 4.69) is 21.2 Å². The third kappa shape index (κ3) is 3.84. The molecule has 0 radical (unpaired) electrons. The third-order valence-electron chi connectivity index (χ3n) is 2.44. The number of anilines is 1. The maximum Gasteiger partial charge on any atom is 0.0899 e. The standard InChI is InChI=1S/C13H14BrNOS/c14-13-7-6-12(17-13)11(16)8-9-15-10-4-2-1-3-5-10/h1-7,11,15-16H,8-9H2. The maximum atomic E-state index is 9.96. The number of nitrogens with one attached hydrogen (secondary N) is 1. The molecular formula is C13H14BrNOS. The molecule has 0 aliphatic rings. The molecule has 4 heteroatoms. The van der Waals surface area contributed by atoms with Gasteiger partial charge in [-0.15, -0.1) is 11.3 Å². The van der Waals surface area contributed by atoms with Crippen LogP contribution in [-0.4, -0.2) is 11.7 Å². The van der Waals surface area contributed by atoms with Crippen molar-refractivity contribution in [2.45, 2.75) is 12.5 Å². The van der Waals surface area contributed by atoms with Crippen LogP contribution in [0.4, 0.5) is 5.69 Å². The fourth-order valence-electron chi connectivity index (χ4n) is 1.56. The minimum Gasteiger partial charge on any atom is -0.388 e. The van der Waals surface area contributed by atoms with Gasteiger partial charge in [0.15, 0.2) is 0 Å². The molecule has 90 valence electrons. The zero-order valence-corrected chi connectivity index (χ0v) is 11.7. The molecule has 0 fully saturated rings. The zero-order valence-electron chi connectivity index (χ0n) is 9.27. The molecule has 0 saturated carbocycles. The molecule has 0 aliphatic carbocycles. The molecule has 1 aromatic heterocycles. The summed E-state index contributed by atoms with van der Waals surface area (Å²) in [6, 6.07) is 13.9. The van der Waals surface area contributed by atoms with E-state index in [0.29, 0.717) is 6.42 Å². The molecule has 1 unspecified atom stereocenters. The highest BCUT2D eigenvalue weighted by molar-refractivity contribution is 9.11. The number of para-hydroxylation sites is 1. The summed E-state index contributed by atoms with van der Waals surface area (Å²) < 4.78 is 1.06. The van der Waals surface area contributed by atoms with Crippen molar-refractivity contribution in [1.29, 1.82) is 0 Å². The molecule has 0 amide bonds. The molecule has 2 rings (SSSR count). The molecule has 1 atom stereocenters. The highest BCUT2D eigenvalue weighted by Crippen LogP contribution is 2.28. The highest BCUT2D eigenvalue weighted by atomic mass is 79.9. The Balaban J connectivity index is 1.79. The predicted octanol–water partition coefficient (Wildman–Crippen LogP) is 4.05. The summed E-state index contributed by atoms with van der Waals surface area (Å²) in [4.78, 5) is 1.01. The van der Waals surface area contributed by atoms with Crippen LogP contribution in [0, 0.1) is 0 Å². The summed E-state index contributed by atoms with van der Waals surface area (Å²) in [5.41, 5.74) is 1.09. The van der Waals surface area contributed by atoms with Crippen LogP contribution in [0.2, 0.25) is 0 Å². The van der Waals surface area contributed by atoms with Crippen LogP contribution in [0.15, 0.2) is 46.3 Å². The number of hydrogen-bond donors (Lipinski definition) is 2. The van der Waals surface area contributed by atoms with Gasteiger partial charge in [0.1, 0.15) is 0 Å². The average molecular weight is 312 g/mol. The third-order valence-corrected chi connectivity index (χ3v) is 4.17. The van der Waals surface area contributed by atoms with Crippen molar-refractivity contribution < 1.29 is 5.11 Å². The van der Waals surface area contributed by atoms with Gasteiger partial charge in [-0.3, -0.25) is 0 Å². The van der Waals surface area contributed by atoms with Gasteiger partial charge in [-0.25, -0.2) is 0 Å². The van der Waals surface area contributed by atoms with E-state index in [4.69, 9.17) is 0 Å². The first-order valence-electron chi connectivity index (χ1n) is 5.48. The van der Waals surface area contributed by atoms with E-state index in [9.17, 15) is 5.11 Å². The van der Waals surface area contributed by atoms with Crippen LogP contribution in [0.3, 0.4) is 0 Å². The number of halogens is 1. The van der Waals surface area contributed by atoms with Crippen LogP contribution >= 0.6 is 27.3 Å². The minimum absolute atomic E-state index is 0.387. The Morgan fingerprint density at radius 2 is 1.94 bits per heavy atom. The molecule has 2 nitrogen and oxygen atoms in total. The van der Waals surface area contributed by atoms with Crippen LogP contribution in [-0.2, 0) is 0 Å². The monoisotopic (exact) mass is 311 g/mol. The van der Waals surface area contributed by atoms with Crippen molar-refractivity contribution in [3.63, 3.8) is 0 Å². The Hall–Kier alpha value is -0.840.